The van der Waals surface area contributed by atoms with Crippen LogP contribution in [0.25, 0.3) is 0 Å². The highest BCUT2D eigenvalue weighted by molar-refractivity contribution is 5.32. The van der Waals surface area contributed by atoms with Crippen LogP contribution in [-0.4, -0.2) is 5.54 Å². The molecule has 0 heterocycles. The van der Waals surface area contributed by atoms with Gasteiger partial charge in [0, 0.05) is 5.54 Å². The molecular weight excluding hydrogens is 254 g/mol. The maximum Gasteiger partial charge on any atom is 0.0138 e. The maximum atomic E-state index is 6.25. The van der Waals surface area contributed by atoms with Crippen molar-refractivity contribution in [1.29, 1.82) is 0 Å². The SMILES string of the molecule is CC(C)(N)Cc1ccccc1C1CCC(C(C)(C)C)CC1. The second-order valence-electron chi connectivity index (χ2n) is 8.78. The van der Waals surface area contributed by atoms with Crippen molar-refractivity contribution in [1.82, 2.24) is 0 Å². The Morgan fingerprint density at radius 2 is 1.52 bits per heavy atom. The van der Waals surface area contributed by atoms with Crippen LogP contribution in [0, 0.1) is 11.3 Å². The normalized spacial score (nSPS) is 24.1. The van der Waals surface area contributed by atoms with E-state index in [1.807, 2.05) is 0 Å². The third-order valence-corrected chi connectivity index (χ3v) is 5.09. The zero-order valence-corrected chi connectivity index (χ0v) is 14.6. The maximum absolute atomic E-state index is 6.25. The average Bonchev–Trinajstić information content (AvgIpc) is 2.37. The van der Waals surface area contributed by atoms with Crippen LogP contribution in [-0.2, 0) is 6.42 Å². The van der Waals surface area contributed by atoms with E-state index in [0.29, 0.717) is 5.41 Å². The lowest BCUT2D eigenvalue weighted by Gasteiger charge is -2.37. The van der Waals surface area contributed by atoms with Crippen LogP contribution in [0.4, 0.5) is 0 Å². The van der Waals surface area contributed by atoms with E-state index < -0.39 is 0 Å². The topological polar surface area (TPSA) is 26.0 Å². The van der Waals surface area contributed by atoms with E-state index in [-0.39, 0.29) is 5.54 Å². The zero-order chi connectivity index (χ0) is 15.7. The van der Waals surface area contributed by atoms with Gasteiger partial charge < -0.3 is 5.73 Å². The Kier molecular flexibility index (Phi) is 4.82. The smallest absolute Gasteiger partial charge is 0.0138 e. The van der Waals surface area contributed by atoms with Crippen LogP contribution in [0.2, 0.25) is 0 Å². The first kappa shape index (κ1) is 16.5. The van der Waals surface area contributed by atoms with Crippen molar-refractivity contribution >= 4 is 0 Å². The van der Waals surface area contributed by atoms with Gasteiger partial charge in [0.25, 0.3) is 0 Å². The van der Waals surface area contributed by atoms with E-state index in [0.717, 1.165) is 18.3 Å². The summed E-state index contributed by atoms with van der Waals surface area (Å²) in [4.78, 5) is 0. The van der Waals surface area contributed by atoms with Gasteiger partial charge in [0.05, 0.1) is 0 Å². The molecule has 0 atom stereocenters. The summed E-state index contributed by atoms with van der Waals surface area (Å²) in [6, 6.07) is 8.96. The third-order valence-electron chi connectivity index (χ3n) is 5.09. The summed E-state index contributed by atoms with van der Waals surface area (Å²) in [7, 11) is 0. The molecule has 1 aliphatic rings. The molecule has 2 N–H and O–H groups in total. The summed E-state index contributed by atoms with van der Waals surface area (Å²) in [5, 5.41) is 0. The average molecular weight is 287 g/mol. The molecule has 21 heavy (non-hydrogen) atoms. The number of benzene rings is 1. The Morgan fingerprint density at radius 3 is 2.05 bits per heavy atom. The van der Waals surface area contributed by atoms with Crippen molar-refractivity contribution in [2.24, 2.45) is 17.1 Å². The van der Waals surface area contributed by atoms with Crippen LogP contribution in [0.3, 0.4) is 0 Å². The lowest BCUT2D eigenvalue weighted by atomic mass is 9.68. The first-order valence-electron chi connectivity index (χ1n) is 8.53. The molecule has 1 saturated carbocycles. The largest absolute Gasteiger partial charge is 0.325 e. The Labute approximate surface area is 131 Å². The second kappa shape index (κ2) is 6.12. The van der Waals surface area contributed by atoms with E-state index in [1.54, 1.807) is 5.56 Å². The van der Waals surface area contributed by atoms with Gasteiger partial charge in [-0.15, -0.1) is 0 Å². The van der Waals surface area contributed by atoms with Crippen molar-refractivity contribution in [3.8, 4) is 0 Å². The van der Waals surface area contributed by atoms with Crippen LogP contribution >= 0.6 is 0 Å². The predicted octanol–water partition coefficient (Wildman–Crippen LogP) is 5.29. The fraction of sp³-hybridized carbons (Fsp3) is 0.700. The molecule has 2 rings (SSSR count). The first-order chi connectivity index (χ1) is 9.67. The highest BCUT2D eigenvalue weighted by Gasteiger charge is 2.31. The van der Waals surface area contributed by atoms with Gasteiger partial charge in [0.15, 0.2) is 0 Å². The van der Waals surface area contributed by atoms with E-state index in [2.05, 4.69) is 58.9 Å². The molecule has 0 radical (unpaired) electrons. The summed E-state index contributed by atoms with van der Waals surface area (Å²) in [6.07, 6.45) is 6.39. The van der Waals surface area contributed by atoms with Gasteiger partial charge in [-0.1, -0.05) is 45.0 Å². The van der Waals surface area contributed by atoms with Crippen molar-refractivity contribution in [2.45, 2.75) is 78.2 Å². The fourth-order valence-electron chi connectivity index (χ4n) is 3.85. The molecule has 0 amide bonds. The molecule has 118 valence electrons. The third kappa shape index (κ3) is 4.57. The number of nitrogens with two attached hydrogens (primary N) is 1. The van der Waals surface area contributed by atoms with Gasteiger partial charge in [-0.2, -0.15) is 0 Å². The van der Waals surface area contributed by atoms with E-state index in [1.165, 1.54) is 31.2 Å². The highest BCUT2D eigenvalue weighted by atomic mass is 14.7. The molecule has 0 bridgehead atoms. The molecule has 0 aromatic heterocycles. The zero-order valence-electron chi connectivity index (χ0n) is 14.6. The van der Waals surface area contributed by atoms with Gasteiger partial charge >= 0.3 is 0 Å². The number of rotatable bonds is 3. The van der Waals surface area contributed by atoms with Gasteiger partial charge in [-0.25, -0.2) is 0 Å². The summed E-state index contributed by atoms with van der Waals surface area (Å²) < 4.78 is 0. The van der Waals surface area contributed by atoms with E-state index in [9.17, 15) is 0 Å². The van der Waals surface area contributed by atoms with E-state index in [4.69, 9.17) is 5.73 Å². The monoisotopic (exact) mass is 287 g/mol. The lowest BCUT2D eigenvalue weighted by Crippen LogP contribution is -2.35. The van der Waals surface area contributed by atoms with Crippen LogP contribution < -0.4 is 5.73 Å². The van der Waals surface area contributed by atoms with Gasteiger partial charge in [0.2, 0.25) is 0 Å². The quantitative estimate of drug-likeness (QED) is 0.803. The van der Waals surface area contributed by atoms with Crippen LogP contribution in [0.1, 0.15) is 77.3 Å². The number of hydrogen-bond donors (Lipinski definition) is 1. The number of hydrogen-bond acceptors (Lipinski definition) is 1. The Balaban J connectivity index is 2.10. The fourth-order valence-corrected chi connectivity index (χ4v) is 3.85. The molecule has 0 spiro atoms. The molecule has 1 nitrogen and oxygen atoms in total. The van der Waals surface area contributed by atoms with Crippen molar-refractivity contribution in [3.05, 3.63) is 35.4 Å². The van der Waals surface area contributed by atoms with Crippen molar-refractivity contribution in [3.63, 3.8) is 0 Å². The highest BCUT2D eigenvalue weighted by Crippen LogP contribution is 2.43. The van der Waals surface area contributed by atoms with Crippen LogP contribution in [0.15, 0.2) is 24.3 Å². The molecule has 0 saturated heterocycles. The standard InChI is InChI=1S/C20H33N/c1-19(2,3)17-12-10-15(11-13-17)18-9-7-6-8-16(18)14-20(4,5)21/h6-9,15,17H,10-14,21H2,1-5H3. The first-order valence-corrected chi connectivity index (χ1v) is 8.53. The summed E-state index contributed by atoms with van der Waals surface area (Å²) in [5.41, 5.74) is 9.60. The Bertz CT molecular complexity index is 453. The molecule has 0 unspecified atom stereocenters. The molecular formula is C20H33N. The summed E-state index contributed by atoms with van der Waals surface area (Å²) in [5.74, 6) is 1.62. The molecule has 1 aromatic carbocycles. The van der Waals surface area contributed by atoms with E-state index >= 15 is 0 Å². The van der Waals surface area contributed by atoms with Gasteiger partial charge in [0.1, 0.15) is 0 Å². The molecule has 0 aliphatic heterocycles. The molecule has 1 heteroatoms. The Hall–Kier alpha value is -0.820. The van der Waals surface area contributed by atoms with Gasteiger partial charge in [-0.3, -0.25) is 0 Å². The predicted molar refractivity (Wildman–Crippen MR) is 92.6 cm³/mol. The lowest BCUT2D eigenvalue weighted by molar-refractivity contribution is 0.169. The second-order valence-corrected chi connectivity index (χ2v) is 8.78. The Morgan fingerprint density at radius 1 is 0.952 bits per heavy atom. The van der Waals surface area contributed by atoms with Gasteiger partial charge in [-0.05, 0) is 74.3 Å². The van der Waals surface area contributed by atoms with Crippen molar-refractivity contribution in [2.75, 3.05) is 0 Å². The minimum absolute atomic E-state index is 0.126. The minimum Gasteiger partial charge on any atom is -0.325 e. The molecule has 1 fully saturated rings. The summed E-state index contributed by atoms with van der Waals surface area (Å²) >= 11 is 0. The van der Waals surface area contributed by atoms with Crippen molar-refractivity contribution < 1.29 is 0 Å². The van der Waals surface area contributed by atoms with Crippen LogP contribution in [0.5, 0.6) is 0 Å². The minimum atomic E-state index is -0.126. The molecule has 1 aromatic rings. The molecule has 1 aliphatic carbocycles. The summed E-state index contributed by atoms with van der Waals surface area (Å²) in [6.45, 7) is 11.4.